The summed E-state index contributed by atoms with van der Waals surface area (Å²) in [6.07, 6.45) is 1.86. The van der Waals surface area contributed by atoms with Crippen molar-refractivity contribution in [1.82, 2.24) is 14.6 Å². The maximum atomic E-state index is 13.6. The Morgan fingerprint density at radius 3 is 2.71 bits per heavy atom. The molecule has 2 heterocycles. The van der Waals surface area contributed by atoms with Gasteiger partial charge in [-0.2, -0.15) is 4.98 Å². The van der Waals surface area contributed by atoms with E-state index >= 15 is 0 Å². The van der Waals surface area contributed by atoms with Crippen molar-refractivity contribution in [2.75, 3.05) is 5.32 Å². The zero-order chi connectivity index (χ0) is 15.0. The van der Waals surface area contributed by atoms with Crippen LogP contribution in [0.15, 0.2) is 36.5 Å². The Morgan fingerprint density at radius 2 is 2.00 bits per heavy atom. The molecule has 0 spiro atoms. The maximum Gasteiger partial charge on any atom is 0.243 e. The first-order valence-electron chi connectivity index (χ1n) is 6.89. The van der Waals surface area contributed by atoms with Gasteiger partial charge in [-0.1, -0.05) is 18.2 Å². The molecule has 0 bridgehead atoms. The van der Waals surface area contributed by atoms with Crippen LogP contribution in [0.2, 0.25) is 0 Å². The largest absolute Gasteiger partial charge is 0.346 e. The van der Waals surface area contributed by atoms with Crippen LogP contribution in [0.4, 0.5) is 10.3 Å². The van der Waals surface area contributed by atoms with Crippen molar-refractivity contribution in [2.45, 2.75) is 26.8 Å². The first-order chi connectivity index (χ1) is 10.0. The minimum atomic E-state index is -0.194. The number of halogens is 1. The van der Waals surface area contributed by atoms with Gasteiger partial charge in [0.05, 0.1) is 6.04 Å². The number of fused-ring (bicyclic) bond motifs is 1. The van der Waals surface area contributed by atoms with E-state index in [-0.39, 0.29) is 11.9 Å². The average molecular weight is 284 g/mol. The number of pyridine rings is 1. The molecule has 1 aromatic carbocycles. The van der Waals surface area contributed by atoms with E-state index in [0.29, 0.717) is 11.5 Å². The summed E-state index contributed by atoms with van der Waals surface area (Å²) < 4.78 is 15.4. The molecule has 0 aliphatic rings. The number of hydrogen-bond donors (Lipinski definition) is 1. The normalized spacial score (nSPS) is 12.6. The highest BCUT2D eigenvalue weighted by Gasteiger charge is 2.11. The fourth-order valence-electron chi connectivity index (χ4n) is 2.26. The van der Waals surface area contributed by atoms with Crippen molar-refractivity contribution in [3.8, 4) is 0 Å². The highest BCUT2D eigenvalue weighted by Crippen LogP contribution is 2.20. The van der Waals surface area contributed by atoms with Crippen LogP contribution in [0.25, 0.3) is 5.65 Å². The SMILES string of the molecule is Cc1ccc(C(C)Nc2nc3c(C)cccn3n2)cc1F. The van der Waals surface area contributed by atoms with Crippen LogP contribution in [0.3, 0.4) is 0 Å². The molecule has 0 saturated heterocycles. The highest BCUT2D eigenvalue weighted by atomic mass is 19.1. The summed E-state index contributed by atoms with van der Waals surface area (Å²) in [4.78, 5) is 4.46. The monoisotopic (exact) mass is 284 g/mol. The zero-order valence-electron chi connectivity index (χ0n) is 12.3. The summed E-state index contributed by atoms with van der Waals surface area (Å²) in [5.74, 6) is 0.345. The van der Waals surface area contributed by atoms with Gasteiger partial charge in [-0.25, -0.2) is 8.91 Å². The van der Waals surface area contributed by atoms with Gasteiger partial charge < -0.3 is 5.32 Å². The summed E-state index contributed by atoms with van der Waals surface area (Å²) >= 11 is 0. The van der Waals surface area contributed by atoms with Gasteiger partial charge in [-0.3, -0.25) is 0 Å². The second-order valence-corrected chi connectivity index (χ2v) is 5.27. The van der Waals surface area contributed by atoms with Crippen molar-refractivity contribution in [3.63, 3.8) is 0 Å². The summed E-state index contributed by atoms with van der Waals surface area (Å²) in [7, 11) is 0. The number of anilines is 1. The van der Waals surface area contributed by atoms with Gasteiger partial charge >= 0.3 is 0 Å². The minimum Gasteiger partial charge on any atom is -0.346 e. The fraction of sp³-hybridized carbons (Fsp3) is 0.250. The third-order valence-corrected chi connectivity index (χ3v) is 3.60. The molecule has 2 aromatic heterocycles. The van der Waals surface area contributed by atoms with E-state index in [0.717, 1.165) is 16.8 Å². The maximum absolute atomic E-state index is 13.6. The van der Waals surface area contributed by atoms with Crippen LogP contribution in [-0.2, 0) is 0 Å². The molecular formula is C16H17FN4. The fourth-order valence-corrected chi connectivity index (χ4v) is 2.26. The lowest BCUT2D eigenvalue weighted by Crippen LogP contribution is -2.08. The number of aryl methyl sites for hydroxylation is 2. The summed E-state index contributed by atoms with van der Waals surface area (Å²) in [6.45, 7) is 5.71. The van der Waals surface area contributed by atoms with Gasteiger partial charge in [0.2, 0.25) is 5.95 Å². The van der Waals surface area contributed by atoms with E-state index in [1.54, 1.807) is 23.6 Å². The van der Waals surface area contributed by atoms with Crippen LogP contribution < -0.4 is 5.32 Å². The number of benzene rings is 1. The first-order valence-corrected chi connectivity index (χ1v) is 6.89. The van der Waals surface area contributed by atoms with E-state index in [9.17, 15) is 4.39 Å². The molecule has 0 amide bonds. The second kappa shape index (κ2) is 5.16. The quantitative estimate of drug-likeness (QED) is 0.798. The molecule has 4 nitrogen and oxygen atoms in total. The topological polar surface area (TPSA) is 42.2 Å². The molecule has 0 saturated carbocycles. The smallest absolute Gasteiger partial charge is 0.243 e. The molecule has 0 aliphatic carbocycles. The van der Waals surface area contributed by atoms with E-state index in [4.69, 9.17) is 0 Å². The second-order valence-electron chi connectivity index (χ2n) is 5.27. The lowest BCUT2D eigenvalue weighted by molar-refractivity contribution is 0.614. The molecular weight excluding hydrogens is 267 g/mol. The van der Waals surface area contributed by atoms with Crippen molar-refractivity contribution in [2.24, 2.45) is 0 Å². The predicted molar refractivity (Wildman–Crippen MR) is 80.9 cm³/mol. The molecule has 1 atom stereocenters. The Morgan fingerprint density at radius 1 is 1.19 bits per heavy atom. The highest BCUT2D eigenvalue weighted by molar-refractivity contribution is 5.50. The predicted octanol–water partition coefficient (Wildman–Crippen LogP) is 3.66. The lowest BCUT2D eigenvalue weighted by Gasteiger charge is -2.13. The summed E-state index contributed by atoms with van der Waals surface area (Å²) in [6, 6.07) is 9.10. The summed E-state index contributed by atoms with van der Waals surface area (Å²) in [5, 5.41) is 7.59. The van der Waals surface area contributed by atoms with Crippen LogP contribution >= 0.6 is 0 Å². The number of nitrogens with one attached hydrogen (secondary N) is 1. The van der Waals surface area contributed by atoms with Gasteiger partial charge in [0.1, 0.15) is 5.82 Å². The summed E-state index contributed by atoms with van der Waals surface area (Å²) in [5.41, 5.74) is 3.40. The van der Waals surface area contributed by atoms with Crippen LogP contribution in [0, 0.1) is 19.7 Å². The third kappa shape index (κ3) is 2.59. The molecule has 5 heteroatoms. The molecule has 0 fully saturated rings. The van der Waals surface area contributed by atoms with Gasteiger partial charge in [0.25, 0.3) is 0 Å². The first kappa shape index (κ1) is 13.5. The Labute approximate surface area is 122 Å². The van der Waals surface area contributed by atoms with Gasteiger partial charge in [0, 0.05) is 6.20 Å². The number of nitrogens with zero attached hydrogens (tertiary/aromatic N) is 3. The van der Waals surface area contributed by atoms with E-state index in [1.165, 1.54) is 0 Å². The Kier molecular flexibility index (Phi) is 3.33. The lowest BCUT2D eigenvalue weighted by atomic mass is 10.1. The Hall–Kier alpha value is -2.43. The Bertz CT molecular complexity index is 794. The van der Waals surface area contributed by atoms with Crippen LogP contribution in [-0.4, -0.2) is 14.6 Å². The molecule has 0 aliphatic heterocycles. The number of aromatic nitrogens is 3. The van der Waals surface area contributed by atoms with Gasteiger partial charge in [0.15, 0.2) is 5.65 Å². The average Bonchev–Trinajstić information content (AvgIpc) is 2.86. The van der Waals surface area contributed by atoms with Gasteiger partial charge in [-0.15, -0.1) is 5.10 Å². The van der Waals surface area contributed by atoms with Crippen LogP contribution in [0.5, 0.6) is 0 Å². The standard InChI is InChI=1S/C16H17FN4/c1-10-6-7-13(9-14(10)17)12(3)18-16-19-15-11(2)5-4-8-21(15)20-16/h4-9,12H,1-3H3,(H,18,20). The Balaban J connectivity index is 1.87. The molecule has 108 valence electrons. The zero-order valence-corrected chi connectivity index (χ0v) is 12.3. The van der Waals surface area contributed by atoms with Crippen molar-refractivity contribution in [3.05, 3.63) is 59.0 Å². The number of rotatable bonds is 3. The van der Waals surface area contributed by atoms with E-state index < -0.39 is 0 Å². The van der Waals surface area contributed by atoms with Crippen molar-refractivity contribution in [1.29, 1.82) is 0 Å². The van der Waals surface area contributed by atoms with Crippen LogP contribution in [0.1, 0.15) is 29.7 Å². The molecule has 0 radical (unpaired) electrons. The van der Waals surface area contributed by atoms with Crippen molar-refractivity contribution >= 4 is 11.6 Å². The minimum absolute atomic E-state index is 0.0715. The molecule has 1 N–H and O–H groups in total. The molecule has 3 rings (SSSR count). The molecule has 3 aromatic rings. The molecule has 1 unspecified atom stereocenters. The third-order valence-electron chi connectivity index (χ3n) is 3.60. The molecule has 21 heavy (non-hydrogen) atoms. The number of hydrogen-bond acceptors (Lipinski definition) is 3. The van der Waals surface area contributed by atoms with Crippen molar-refractivity contribution < 1.29 is 4.39 Å². The van der Waals surface area contributed by atoms with E-state index in [1.807, 2.05) is 38.2 Å². The van der Waals surface area contributed by atoms with E-state index in [2.05, 4.69) is 15.4 Å². The van der Waals surface area contributed by atoms with Gasteiger partial charge in [-0.05, 0) is 49.6 Å².